The first-order valence-electron chi connectivity index (χ1n) is 6.65. The minimum atomic E-state index is -0.515. The normalized spacial score (nSPS) is 10.1. The van der Waals surface area contributed by atoms with Crippen LogP contribution in [0, 0.1) is 13.1 Å². The molecule has 0 spiro atoms. The third-order valence-electron chi connectivity index (χ3n) is 2.84. The van der Waals surface area contributed by atoms with Gasteiger partial charge in [-0.2, -0.15) is 17.6 Å². The molecule has 22 heavy (non-hydrogen) atoms. The number of hydrogen-bond acceptors (Lipinski definition) is 4. The maximum Gasteiger partial charge on any atom is 0.402 e. The average Bonchev–Trinajstić information content (AvgIpc) is 2.52. The van der Waals surface area contributed by atoms with Crippen LogP contribution in [0.4, 0.5) is 0 Å². The molecule has 0 heterocycles. The maximum atomic E-state index is 11.6. The molecule has 6 heteroatoms. The predicted octanol–water partition coefficient (Wildman–Crippen LogP) is 1.65. The smallest absolute Gasteiger partial charge is 0.402 e. The van der Waals surface area contributed by atoms with Gasteiger partial charge >= 0.3 is 5.97 Å². The molecule has 2 rings (SSSR count). The van der Waals surface area contributed by atoms with Crippen molar-refractivity contribution in [2.75, 3.05) is 6.61 Å². The van der Waals surface area contributed by atoms with E-state index in [0.717, 1.165) is 15.6 Å². The number of carbonyl (C=O) groups excluding carboxylic acids is 1. The molecule has 0 fully saturated rings. The Hall–Kier alpha value is -2.02. The lowest BCUT2D eigenvalue weighted by Crippen LogP contribution is -2.88. The van der Waals surface area contributed by atoms with Crippen molar-refractivity contribution in [2.45, 2.75) is 6.92 Å². The van der Waals surface area contributed by atoms with Gasteiger partial charge in [0.25, 0.3) is 0 Å². The summed E-state index contributed by atoms with van der Waals surface area (Å²) in [5.41, 5.74) is 9.00. The number of carbonyl (C=O) groups is 1. The second-order valence-corrected chi connectivity index (χ2v) is 5.59. The van der Waals surface area contributed by atoms with Gasteiger partial charge in [0.15, 0.2) is 6.61 Å². The van der Waals surface area contributed by atoms with Crippen LogP contribution in [-0.2, 0) is 9.63 Å². The van der Waals surface area contributed by atoms with Crippen LogP contribution in [0.1, 0.15) is 11.1 Å². The highest BCUT2D eigenvalue weighted by Gasteiger charge is 2.10. The zero-order chi connectivity index (χ0) is 15.9. The highest BCUT2D eigenvalue weighted by atomic mass is 79.9. The molecule has 0 saturated carbocycles. The van der Waals surface area contributed by atoms with Crippen molar-refractivity contribution >= 4 is 21.9 Å². The van der Waals surface area contributed by atoms with Crippen LogP contribution >= 0.6 is 15.9 Å². The van der Waals surface area contributed by atoms with Gasteiger partial charge in [-0.1, -0.05) is 28.9 Å². The number of hydrogen-bond donors (Lipinski definition) is 2. The van der Waals surface area contributed by atoms with Gasteiger partial charge in [-0.25, -0.2) is 4.79 Å². The summed E-state index contributed by atoms with van der Waals surface area (Å²) >= 11 is 3.32. The van der Waals surface area contributed by atoms with Crippen LogP contribution in [0.25, 0.3) is 0 Å². The van der Waals surface area contributed by atoms with E-state index in [4.69, 9.17) is 15.3 Å². The lowest BCUT2D eigenvalue weighted by atomic mass is 10.1. The molecule has 0 bridgehead atoms. The molecular weight excluding hydrogens is 348 g/mol. The van der Waals surface area contributed by atoms with E-state index in [0.29, 0.717) is 11.9 Å². The Kier molecular flexibility index (Phi) is 5.83. The highest BCUT2D eigenvalue weighted by molar-refractivity contribution is 9.10. The van der Waals surface area contributed by atoms with Crippen molar-refractivity contribution in [2.24, 2.45) is 5.73 Å². The molecule has 0 aliphatic carbocycles. The summed E-state index contributed by atoms with van der Waals surface area (Å²) in [4.78, 5) is 16.6. The van der Waals surface area contributed by atoms with Crippen LogP contribution in [0.3, 0.4) is 0 Å². The average molecular weight is 365 g/mol. The van der Waals surface area contributed by atoms with Gasteiger partial charge in [0, 0.05) is 4.47 Å². The predicted molar refractivity (Wildman–Crippen MR) is 85.4 cm³/mol. The monoisotopic (exact) mass is 364 g/mol. The molecule has 4 N–H and O–H groups in total. The van der Waals surface area contributed by atoms with E-state index in [9.17, 15) is 4.79 Å². The summed E-state index contributed by atoms with van der Waals surface area (Å²) in [5.74, 6) is 0.0781. The molecule has 0 amide bonds. The molecule has 0 unspecified atom stereocenters. The van der Waals surface area contributed by atoms with E-state index in [1.54, 1.807) is 12.1 Å². The fourth-order valence-corrected chi connectivity index (χ4v) is 1.99. The molecule has 0 aliphatic rings. The Bertz CT molecular complexity index is 632. The zero-order valence-electron chi connectivity index (χ0n) is 12.1. The summed E-state index contributed by atoms with van der Waals surface area (Å²) in [6.45, 7) is 1.79. The summed E-state index contributed by atoms with van der Waals surface area (Å²) in [7, 11) is 0. The lowest BCUT2D eigenvalue weighted by Gasteiger charge is -2.16. The minimum Gasteiger partial charge on any atom is -0.482 e. The van der Waals surface area contributed by atoms with Gasteiger partial charge in [0.1, 0.15) is 11.9 Å². The van der Waals surface area contributed by atoms with Crippen molar-refractivity contribution in [3.63, 3.8) is 0 Å². The van der Waals surface area contributed by atoms with Crippen LogP contribution in [-0.4, -0.2) is 12.6 Å². The molecule has 0 saturated heterocycles. The van der Waals surface area contributed by atoms with Crippen LogP contribution in [0.15, 0.2) is 53.0 Å². The van der Waals surface area contributed by atoms with Gasteiger partial charge in [0.05, 0.1) is 0 Å². The largest absolute Gasteiger partial charge is 0.482 e. The molecule has 0 atom stereocenters. The second-order valence-electron chi connectivity index (χ2n) is 4.68. The molecule has 0 aromatic heterocycles. The Morgan fingerprint density at radius 3 is 2.68 bits per heavy atom. The summed E-state index contributed by atoms with van der Waals surface area (Å²) < 4.78 is 6.26. The number of aryl methyl sites for hydroxylation is 1. The van der Waals surface area contributed by atoms with Gasteiger partial charge < -0.3 is 10.5 Å². The SMILES string of the molecule is Cc1cccc([C-](N)[NH2+]OC(=O)COc2ccc(Br)cc2)c1. The molecule has 0 aliphatic heterocycles. The van der Waals surface area contributed by atoms with Gasteiger partial charge in [-0.3, -0.25) is 4.84 Å². The van der Waals surface area contributed by atoms with E-state index in [2.05, 4.69) is 15.9 Å². The van der Waals surface area contributed by atoms with Gasteiger partial charge in [-0.05, 0) is 24.3 Å². The van der Waals surface area contributed by atoms with Crippen LogP contribution in [0.5, 0.6) is 5.75 Å². The topological polar surface area (TPSA) is 78.2 Å². The van der Waals surface area contributed by atoms with Crippen molar-refractivity contribution in [1.82, 2.24) is 0 Å². The number of ether oxygens (including phenoxy) is 1. The van der Waals surface area contributed by atoms with Crippen molar-refractivity contribution < 1.29 is 19.8 Å². The third kappa shape index (κ3) is 5.07. The fraction of sp³-hybridized carbons (Fsp3) is 0.125. The van der Waals surface area contributed by atoms with E-state index in [1.165, 1.54) is 5.48 Å². The molecule has 2 aromatic carbocycles. The Labute approximate surface area is 137 Å². The van der Waals surface area contributed by atoms with Crippen LogP contribution in [0.2, 0.25) is 0 Å². The quantitative estimate of drug-likeness (QED) is 0.603. The third-order valence-corrected chi connectivity index (χ3v) is 3.37. The van der Waals surface area contributed by atoms with Gasteiger partial charge in [-0.15, -0.1) is 17.2 Å². The zero-order valence-corrected chi connectivity index (χ0v) is 13.7. The number of benzene rings is 2. The number of rotatable bonds is 6. The number of quaternary nitrogens is 1. The standard InChI is InChI=1S/C16H17BrN2O3/c1-11-3-2-4-12(9-11)16(18)19-22-15(20)10-21-14-7-5-13(17)6-8-14/h2-9H,10,18-19H2,1H3. The van der Waals surface area contributed by atoms with Crippen LogP contribution < -0.4 is 16.0 Å². The molecule has 116 valence electrons. The first kappa shape index (κ1) is 16.4. The Morgan fingerprint density at radius 2 is 2.00 bits per heavy atom. The summed E-state index contributed by atoms with van der Waals surface area (Å²) in [6.07, 6.45) is 0.390. The fourth-order valence-electron chi connectivity index (χ4n) is 1.73. The second kappa shape index (κ2) is 7.84. The first-order valence-corrected chi connectivity index (χ1v) is 7.44. The lowest BCUT2D eigenvalue weighted by molar-refractivity contribution is -0.857. The van der Waals surface area contributed by atoms with E-state index < -0.39 is 5.97 Å². The number of hydroxylamine groups is 1. The van der Waals surface area contributed by atoms with E-state index in [1.807, 2.05) is 43.3 Å². The molecule has 5 nitrogen and oxygen atoms in total. The Balaban J connectivity index is 1.76. The van der Waals surface area contributed by atoms with Crippen molar-refractivity contribution in [1.29, 1.82) is 0 Å². The van der Waals surface area contributed by atoms with Crippen molar-refractivity contribution in [3.8, 4) is 5.75 Å². The van der Waals surface area contributed by atoms with Crippen molar-refractivity contribution in [3.05, 3.63) is 70.3 Å². The number of nitrogens with two attached hydrogens (primary N) is 2. The summed E-state index contributed by atoms with van der Waals surface area (Å²) in [5, 5.41) is 0. The van der Waals surface area contributed by atoms with E-state index in [-0.39, 0.29) is 6.61 Å². The molecule has 0 radical (unpaired) electrons. The minimum absolute atomic E-state index is 0.181. The first-order chi connectivity index (χ1) is 10.5. The molecular formula is C16H17BrN2O3. The summed E-state index contributed by atoms with van der Waals surface area (Å²) in [6, 6.07) is 14.8. The number of halogens is 1. The van der Waals surface area contributed by atoms with Gasteiger partial charge in [0.2, 0.25) is 0 Å². The Morgan fingerprint density at radius 1 is 1.27 bits per heavy atom. The molecule has 2 aromatic rings. The van der Waals surface area contributed by atoms with E-state index >= 15 is 0 Å². The maximum absolute atomic E-state index is 11.6. The highest BCUT2D eigenvalue weighted by Crippen LogP contribution is 2.15.